The van der Waals surface area contributed by atoms with Gasteiger partial charge in [0.2, 0.25) is 0 Å². The molecular formula is C28H31NO5. The number of allylic oxidation sites excluding steroid dienone is 3. The van der Waals surface area contributed by atoms with E-state index in [9.17, 15) is 9.59 Å². The number of methoxy groups -OCH3 is 2. The van der Waals surface area contributed by atoms with Crippen molar-refractivity contribution in [2.24, 2.45) is 5.41 Å². The molecule has 0 saturated heterocycles. The third kappa shape index (κ3) is 4.58. The van der Waals surface area contributed by atoms with Crippen LogP contribution in [0.4, 0.5) is 0 Å². The molecule has 1 aliphatic carbocycles. The molecule has 0 unspecified atom stereocenters. The third-order valence-electron chi connectivity index (χ3n) is 6.42. The molecule has 0 spiro atoms. The number of carbonyl (C=O) groups excluding carboxylic acids is 2. The summed E-state index contributed by atoms with van der Waals surface area (Å²) in [6, 6.07) is 15.0. The molecule has 2 aromatic carbocycles. The monoisotopic (exact) mass is 461 g/mol. The van der Waals surface area contributed by atoms with Gasteiger partial charge in [-0.25, -0.2) is 4.79 Å². The average Bonchev–Trinajstić information content (AvgIpc) is 2.81. The van der Waals surface area contributed by atoms with Crippen molar-refractivity contribution in [2.75, 3.05) is 14.2 Å². The van der Waals surface area contributed by atoms with E-state index in [0.29, 0.717) is 41.2 Å². The van der Waals surface area contributed by atoms with Crippen molar-refractivity contribution in [3.05, 3.63) is 82.2 Å². The molecule has 2 aromatic rings. The Balaban J connectivity index is 1.80. The number of benzene rings is 2. The Morgan fingerprint density at radius 2 is 1.79 bits per heavy atom. The Bertz CT molecular complexity index is 1180. The van der Waals surface area contributed by atoms with Crippen LogP contribution < -0.4 is 14.8 Å². The van der Waals surface area contributed by atoms with Crippen LogP contribution in [0.25, 0.3) is 0 Å². The van der Waals surface area contributed by atoms with Gasteiger partial charge in [-0.3, -0.25) is 4.79 Å². The summed E-state index contributed by atoms with van der Waals surface area (Å²) in [5, 5.41) is 3.37. The summed E-state index contributed by atoms with van der Waals surface area (Å²) in [7, 11) is 3.16. The van der Waals surface area contributed by atoms with Crippen molar-refractivity contribution in [3.63, 3.8) is 0 Å². The van der Waals surface area contributed by atoms with Crippen LogP contribution in [-0.4, -0.2) is 26.0 Å². The van der Waals surface area contributed by atoms with Gasteiger partial charge in [-0.1, -0.05) is 50.2 Å². The zero-order chi connectivity index (χ0) is 24.5. The molecule has 4 rings (SSSR count). The molecule has 0 aromatic heterocycles. The minimum absolute atomic E-state index is 0.0301. The molecule has 0 radical (unpaired) electrons. The average molecular weight is 462 g/mol. The van der Waals surface area contributed by atoms with Crippen LogP contribution >= 0.6 is 0 Å². The van der Waals surface area contributed by atoms with Crippen molar-refractivity contribution in [2.45, 2.75) is 46.1 Å². The number of nitrogens with one attached hydrogen (secondary N) is 1. The Morgan fingerprint density at radius 1 is 1.06 bits per heavy atom. The fourth-order valence-electron chi connectivity index (χ4n) is 4.88. The van der Waals surface area contributed by atoms with Gasteiger partial charge >= 0.3 is 5.97 Å². The number of hydrogen-bond acceptors (Lipinski definition) is 6. The van der Waals surface area contributed by atoms with E-state index in [0.717, 1.165) is 16.8 Å². The first-order valence-electron chi connectivity index (χ1n) is 11.4. The van der Waals surface area contributed by atoms with Crippen LogP contribution in [0.2, 0.25) is 0 Å². The minimum atomic E-state index is -0.594. The number of esters is 1. The number of ether oxygens (including phenoxy) is 3. The van der Waals surface area contributed by atoms with Crippen molar-refractivity contribution < 1.29 is 23.8 Å². The van der Waals surface area contributed by atoms with E-state index >= 15 is 0 Å². The standard InChI is InChI=1S/C28H31NO5/c1-17-24(27(31)34-16-18-9-7-6-8-10-18)25(20-12-11-19(32-4)13-23(20)33-5)26-21(29-17)14-28(2,3)15-22(26)30/h6-13,25,29H,14-16H2,1-5H3/t25-/m0/s1. The van der Waals surface area contributed by atoms with Gasteiger partial charge in [0.15, 0.2) is 5.78 Å². The summed E-state index contributed by atoms with van der Waals surface area (Å²) in [6.45, 7) is 6.18. The fraction of sp³-hybridized carbons (Fsp3) is 0.357. The molecule has 0 amide bonds. The molecule has 0 bridgehead atoms. The first-order chi connectivity index (χ1) is 16.2. The quantitative estimate of drug-likeness (QED) is 0.607. The molecular weight excluding hydrogens is 430 g/mol. The highest BCUT2D eigenvalue weighted by atomic mass is 16.5. The lowest BCUT2D eigenvalue weighted by Gasteiger charge is -2.39. The molecule has 34 heavy (non-hydrogen) atoms. The van der Waals surface area contributed by atoms with Crippen molar-refractivity contribution in [1.82, 2.24) is 5.32 Å². The number of hydrogen-bond donors (Lipinski definition) is 1. The molecule has 1 heterocycles. The zero-order valence-corrected chi connectivity index (χ0v) is 20.4. The van der Waals surface area contributed by atoms with Gasteiger partial charge in [0.25, 0.3) is 0 Å². The first kappa shape index (κ1) is 23.6. The largest absolute Gasteiger partial charge is 0.497 e. The topological polar surface area (TPSA) is 73.9 Å². The van der Waals surface area contributed by atoms with E-state index in [1.165, 1.54) is 0 Å². The molecule has 1 atom stereocenters. The summed E-state index contributed by atoms with van der Waals surface area (Å²) >= 11 is 0. The lowest BCUT2D eigenvalue weighted by atomic mass is 9.68. The van der Waals surface area contributed by atoms with Gasteiger partial charge < -0.3 is 19.5 Å². The smallest absolute Gasteiger partial charge is 0.337 e. The molecule has 2 aliphatic rings. The highest BCUT2D eigenvalue weighted by molar-refractivity contribution is 6.04. The molecule has 0 fully saturated rings. The Labute approximate surface area is 200 Å². The summed E-state index contributed by atoms with van der Waals surface area (Å²) in [6.07, 6.45) is 1.13. The summed E-state index contributed by atoms with van der Waals surface area (Å²) in [5.74, 6) is 0.165. The number of dihydropyridines is 1. The minimum Gasteiger partial charge on any atom is -0.497 e. The Kier molecular flexibility index (Phi) is 6.51. The van der Waals surface area contributed by atoms with Crippen LogP contribution in [-0.2, 0) is 20.9 Å². The predicted molar refractivity (Wildman–Crippen MR) is 129 cm³/mol. The van der Waals surface area contributed by atoms with E-state index in [2.05, 4.69) is 19.2 Å². The Hall–Kier alpha value is -3.54. The van der Waals surface area contributed by atoms with Crippen LogP contribution in [0.1, 0.15) is 50.7 Å². The zero-order valence-electron chi connectivity index (χ0n) is 20.4. The highest BCUT2D eigenvalue weighted by Crippen LogP contribution is 2.49. The Morgan fingerprint density at radius 3 is 2.47 bits per heavy atom. The normalized spacial score (nSPS) is 19.3. The van der Waals surface area contributed by atoms with E-state index in [1.54, 1.807) is 20.3 Å². The SMILES string of the molecule is COc1ccc([C@H]2C(C(=O)OCc3ccccc3)=C(C)NC3=C2C(=O)CC(C)(C)C3)c(OC)c1. The molecule has 6 nitrogen and oxygen atoms in total. The van der Waals surface area contributed by atoms with Crippen LogP contribution in [0.3, 0.4) is 0 Å². The molecule has 1 N–H and O–H groups in total. The van der Waals surface area contributed by atoms with Gasteiger partial charge in [0, 0.05) is 35.0 Å². The number of carbonyl (C=O) groups is 2. The lowest BCUT2D eigenvalue weighted by Crippen LogP contribution is -2.38. The van der Waals surface area contributed by atoms with Crippen molar-refractivity contribution in [3.8, 4) is 11.5 Å². The number of ketones is 1. The van der Waals surface area contributed by atoms with Gasteiger partial charge in [-0.15, -0.1) is 0 Å². The van der Waals surface area contributed by atoms with E-state index in [-0.39, 0.29) is 17.8 Å². The fourth-order valence-corrected chi connectivity index (χ4v) is 4.88. The molecule has 1 aliphatic heterocycles. The van der Waals surface area contributed by atoms with Gasteiger partial charge in [0.05, 0.1) is 25.7 Å². The highest BCUT2D eigenvalue weighted by Gasteiger charge is 2.44. The number of Topliss-reactive ketones (excluding diaryl/α,β-unsaturated/α-hetero) is 1. The second-order valence-electron chi connectivity index (χ2n) is 9.60. The third-order valence-corrected chi connectivity index (χ3v) is 6.42. The van der Waals surface area contributed by atoms with Crippen LogP contribution in [0.15, 0.2) is 71.1 Å². The maximum atomic E-state index is 13.5. The second kappa shape index (κ2) is 9.37. The summed E-state index contributed by atoms with van der Waals surface area (Å²) in [4.78, 5) is 26.9. The summed E-state index contributed by atoms with van der Waals surface area (Å²) in [5.41, 5.74) is 4.05. The second-order valence-corrected chi connectivity index (χ2v) is 9.60. The first-order valence-corrected chi connectivity index (χ1v) is 11.4. The predicted octanol–water partition coefficient (Wildman–Crippen LogP) is 5.05. The maximum absolute atomic E-state index is 13.5. The number of rotatable bonds is 6. The lowest BCUT2D eigenvalue weighted by molar-refractivity contribution is -0.140. The maximum Gasteiger partial charge on any atom is 0.337 e. The van der Waals surface area contributed by atoms with Crippen molar-refractivity contribution >= 4 is 11.8 Å². The van der Waals surface area contributed by atoms with E-state index in [1.807, 2.05) is 49.4 Å². The van der Waals surface area contributed by atoms with Gasteiger partial charge in [0.1, 0.15) is 18.1 Å². The van der Waals surface area contributed by atoms with Gasteiger partial charge in [-0.2, -0.15) is 0 Å². The summed E-state index contributed by atoms with van der Waals surface area (Å²) < 4.78 is 16.8. The van der Waals surface area contributed by atoms with E-state index < -0.39 is 11.9 Å². The molecule has 178 valence electrons. The van der Waals surface area contributed by atoms with E-state index in [4.69, 9.17) is 14.2 Å². The van der Waals surface area contributed by atoms with Crippen LogP contribution in [0.5, 0.6) is 11.5 Å². The molecule has 0 saturated carbocycles. The molecule has 6 heteroatoms. The van der Waals surface area contributed by atoms with Crippen molar-refractivity contribution in [1.29, 1.82) is 0 Å². The van der Waals surface area contributed by atoms with Crippen LogP contribution in [0, 0.1) is 5.41 Å². The van der Waals surface area contributed by atoms with Gasteiger partial charge in [-0.05, 0) is 30.4 Å².